The Kier molecular flexibility index (Phi) is 7.99. The molecule has 1 N–H and O–H groups in total. The number of halogens is 9. The highest BCUT2D eigenvalue weighted by atomic mass is 79.9. The maximum atomic E-state index is 13.1. The molecule has 0 amide bonds. The molecule has 0 bridgehead atoms. The molecule has 0 saturated heterocycles. The molecule has 0 aliphatic rings. The molecule has 2 rings (SSSR count). The van der Waals surface area contributed by atoms with E-state index in [2.05, 4.69) is 21.2 Å². The van der Waals surface area contributed by atoms with E-state index in [0.29, 0.717) is 16.6 Å². The first-order valence-corrected chi connectivity index (χ1v) is 10.0. The van der Waals surface area contributed by atoms with Gasteiger partial charge in [0.2, 0.25) is 0 Å². The van der Waals surface area contributed by atoms with Gasteiger partial charge in [-0.15, -0.1) is 0 Å². The number of hydrogen-bond acceptors (Lipinski definition) is 3. The second kappa shape index (κ2) is 9.91. The van der Waals surface area contributed by atoms with Gasteiger partial charge in [0.05, 0.1) is 16.7 Å². The van der Waals surface area contributed by atoms with Crippen LogP contribution in [-0.2, 0) is 12.4 Å². The van der Waals surface area contributed by atoms with E-state index >= 15 is 0 Å². The summed E-state index contributed by atoms with van der Waals surface area (Å²) in [5, 5.41) is 11.8. The van der Waals surface area contributed by atoms with Crippen molar-refractivity contribution >= 4 is 39.0 Å². The Morgan fingerprint density at radius 1 is 0.968 bits per heavy atom. The van der Waals surface area contributed by atoms with Gasteiger partial charge in [-0.2, -0.15) is 40.4 Å². The number of anilines is 1. The molecule has 0 atom stereocenters. The van der Waals surface area contributed by atoms with Crippen molar-refractivity contribution in [3.05, 3.63) is 69.3 Å². The van der Waals surface area contributed by atoms with Crippen LogP contribution in [0.3, 0.4) is 0 Å². The molecule has 0 aliphatic heterocycles. The minimum atomic E-state index is -5.08. The second-order valence-electron chi connectivity index (χ2n) is 5.96. The molecule has 166 valence electrons. The van der Waals surface area contributed by atoms with Gasteiger partial charge in [-0.3, -0.25) is 0 Å². The zero-order chi connectivity index (χ0) is 23.4. The maximum Gasteiger partial charge on any atom is 0.416 e. The fraction of sp³-hybridized carbons (Fsp3) is 0.211. The summed E-state index contributed by atoms with van der Waals surface area (Å²) >= 11 is 3.24. The van der Waals surface area contributed by atoms with Gasteiger partial charge in [0, 0.05) is 21.6 Å². The lowest BCUT2D eigenvalue weighted by Gasteiger charge is -2.18. The van der Waals surface area contributed by atoms with E-state index in [9.17, 15) is 40.4 Å². The first kappa shape index (κ1) is 25.0. The third-order valence-electron chi connectivity index (χ3n) is 3.78. The van der Waals surface area contributed by atoms with E-state index in [1.807, 2.05) is 0 Å². The van der Waals surface area contributed by atoms with Crippen molar-refractivity contribution in [2.45, 2.75) is 18.1 Å². The Balaban J connectivity index is 2.61. The van der Waals surface area contributed by atoms with Crippen LogP contribution < -0.4 is 5.32 Å². The first-order valence-electron chi connectivity index (χ1n) is 8.16. The van der Waals surface area contributed by atoms with Crippen molar-refractivity contribution in [2.24, 2.45) is 0 Å². The van der Waals surface area contributed by atoms with Crippen LogP contribution in [0.5, 0.6) is 0 Å². The Labute approximate surface area is 184 Å². The number of nitrogens with one attached hydrogen (secondary N) is 1. The third kappa shape index (κ3) is 7.14. The molecule has 31 heavy (non-hydrogen) atoms. The lowest BCUT2D eigenvalue weighted by atomic mass is 10.0. The highest BCUT2D eigenvalue weighted by molar-refractivity contribution is 9.10. The van der Waals surface area contributed by atoms with Gasteiger partial charge in [-0.25, -0.2) is 0 Å². The molecule has 2 nitrogen and oxygen atoms in total. The monoisotopic (exact) mass is 530 g/mol. The zero-order valence-electron chi connectivity index (χ0n) is 15.1. The topological polar surface area (TPSA) is 35.8 Å². The minimum absolute atomic E-state index is 0.0532. The number of alkyl halides is 8. The normalized spacial score (nSPS) is 13.1. The Morgan fingerprint density at radius 2 is 1.48 bits per heavy atom. The lowest BCUT2D eigenvalue weighted by Crippen LogP contribution is -2.13. The summed E-state index contributed by atoms with van der Waals surface area (Å²) in [6.45, 7) is 0. The molecule has 0 saturated carbocycles. The first-order chi connectivity index (χ1) is 14.3. The van der Waals surface area contributed by atoms with E-state index in [4.69, 9.17) is 0 Å². The van der Waals surface area contributed by atoms with Crippen LogP contribution in [0.15, 0.2) is 52.6 Å². The summed E-state index contributed by atoms with van der Waals surface area (Å²) < 4.78 is 105. The molecule has 0 aliphatic carbocycles. The zero-order valence-corrected chi connectivity index (χ0v) is 17.5. The third-order valence-corrected chi connectivity index (χ3v) is 5.02. The molecular weight excluding hydrogens is 520 g/mol. The van der Waals surface area contributed by atoms with Gasteiger partial charge in [-0.1, -0.05) is 39.8 Å². The molecule has 2 aromatic carbocycles. The Morgan fingerprint density at radius 3 is 1.90 bits per heavy atom. The highest BCUT2D eigenvalue weighted by Gasteiger charge is 2.37. The summed E-state index contributed by atoms with van der Waals surface area (Å²) in [6, 6.07) is 8.52. The second-order valence-corrected chi connectivity index (χ2v) is 7.86. The smallest absolute Gasteiger partial charge is 0.357 e. The SMILES string of the molecule is N#C/C(=C(/CSC(F)F)Nc1cc(C(F)(F)F)cc(C(F)(F)F)c1)c1ccc(Br)cc1. The Bertz CT molecular complexity index is 960. The summed E-state index contributed by atoms with van der Waals surface area (Å²) in [5.41, 5.74) is -4.02. The van der Waals surface area contributed by atoms with Crippen LogP contribution in [0.2, 0.25) is 0 Å². The molecule has 0 spiro atoms. The van der Waals surface area contributed by atoms with Crippen molar-refractivity contribution in [1.82, 2.24) is 0 Å². The average molecular weight is 531 g/mol. The fourth-order valence-electron chi connectivity index (χ4n) is 2.44. The molecule has 0 fully saturated rings. The van der Waals surface area contributed by atoms with Crippen LogP contribution in [0.4, 0.5) is 40.8 Å². The maximum absolute atomic E-state index is 13.1. The molecule has 0 unspecified atom stereocenters. The van der Waals surface area contributed by atoms with Crippen LogP contribution in [-0.4, -0.2) is 11.5 Å². The number of nitriles is 1. The molecule has 0 aromatic heterocycles. The van der Waals surface area contributed by atoms with Gasteiger partial charge in [0.25, 0.3) is 5.76 Å². The average Bonchev–Trinajstić information content (AvgIpc) is 2.66. The number of nitrogens with zero attached hydrogens (tertiary/aromatic N) is 1. The largest absolute Gasteiger partial charge is 0.416 e. The van der Waals surface area contributed by atoms with Gasteiger partial charge in [-0.05, 0) is 35.9 Å². The van der Waals surface area contributed by atoms with Crippen molar-refractivity contribution in [3.8, 4) is 6.07 Å². The van der Waals surface area contributed by atoms with Crippen LogP contribution in [0.25, 0.3) is 5.57 Å². The summed E-state index contributed by atoms with van der Waals surface area (Å²) in [5.74, 6) is -3.44. The lowest BCUT2D eigenvalue weighted by molar-refractivity contribution is -0.143. The molecule has 2 aromatic rings. The highest BCUT2D eigenvalue weighted by Crippen LogP contribution is 2.38. The van der Waals surface area contributed by atoms with E-state index in [0.717, 1.165) is 0 Å². The molecule has 0 radical (unpaired) electrons. The van der Waals surface area contributed by atoms with E-state index in [1.165, 1.54) is 24.3 Å². The molecular formula is C19H11BrF8N2S. The van der Waals surface area contributed by atoms with Crippen molar-refractivity contribution in [3.63, 3.8) is 0 Å². The fourth-order valence-corrected chi connectivity index (χ4v) is 3.21. The number of allylic oxidation sites excluding steroid dienone is 1. The van der Waals surface area contributed by atoms with Gasteiger partial charge < -0.3 is 5.32 Å². The van der Waals surface area contributed by atoms with Crippen LogP contribution >= 0.6 is 27.7 Å². The van der Waals surface area contributed by atoms with Crippen LogP contribution in [0.1, 0.15) is 16.7 Å². The van der Waals surface area contributed by atoms with Gasteiger partial charge in [0.1, 0.15) is 6.07 Å². The van der Waals surface area contributed by atoms with E-state index in [1.54, 1.807) is 6.07 Å². The predicted octanol–water partition coefficient (Wildman–Crippen LogP) is 7.79. The van der Waals surface area contributed by atoms with Gasteiger partial charge >= 0.3 is 12.4 Å². The summed E-state index contributed by atoms with van der Waals surface area (Å²) in [4.78, 5) is 0. The molecule has 12 heteroatoms. The number of benzene rings is 2. The van der Waals surface area contributed by atoms with Crippen LogP contribution in [0, 0.1) is 11.3 Å². The van der Waals surface area contributed by atoms with Crippen molar-refractivity contribution < 1.29 is 35.1 Å². The summed E-state index contributed by atoms with van der Waals surface area (Å²) in [7, 11) is 0. The number of hydrogen-bond donors (Lipinski definition) is 1. The van der Waals surface area contributed by atoms with E-state index < -0.39 is 40.7 Å². The summed E-state index contributed by atoms with van der Waals surface area (Å²) in [6.07, 6.45) is -10.2. The van der Waals surface area contributed by atoms with Gasteiger partial charge in [0.15, 0.2) is 0 Å². The quantitative estimate of drug-likeness (QED) is 0.306. The predicted molar refractivity (Wildman–Crippen MR) is 105 cm³/mol. The molecule has 0 heterocycles. The number of rotatable bonds is 6. The minimum Gasteiger partial charge on any atom is -0.357 e. The number of thioether (sulfide) groups is 1. The van der Waals surface area contributed by atoms with E-state index in [-0.39, 0.29) is 34.7 Å². The van der Waals surface area contributed by atoms with Crippen molar-refractivity contribution in [1.29, 1.82) is 5.26 Å². The Hall–Kier alpha value is -2.26. The van der Waals surface area contributed by atoms with Crippen molar-refractivity contribution in [2.75, 3.05) is 11.1 Å². The standard InChI is InChI=1S/C19H11BrF8N2S/c20-13-3-1-10(2-4-13)15(8-29)16(9-31-17(21)22)30-14-6-11(18(23,24)25)5-12(7-14)19(26,27)28/h1-7,17,30H,9H2/b16-15+.